The Hall–Kier alpha value is -3.68. The van der Waals surface area contributed by atoms with Gasteiger partial charge in [-0.05, 0) is 57.0 Å². The Balaban J connectivity index is 2.21. The maximum atomic E-state index is 13.2. The lowest BCUT2D eigenvalue weighted by atomic mass is 9.94. The van der Waals surface area contributed by atoms with Crippen molar-refractivity contribution >= 4 is 17.4 Å². The average Bonchev–Trinajstić information content (AvgIpc) is 3.10. The molecule has 8 nitrogen and oxygen atoms in total. The minimum absolute atomic E-state index is 0.000207. The van der Waals surface area contributed by atoms with Crippen LogP contribution in [0.15, 0.2) is 42.0 Å². The summed E-state index contributed by atoms with van der Waals surface area (Å²) >= 11 is 0. The van der Waals surface area contributed by atoms with Crippen molar-refractivity contribution < 1.29 is 33.6 Å². The zero-order valence-corrected chi connectivity index (χ0v) is 20.9. The normalized spacial score (nSPS) is 16.9. The molecule has 0 radical (unpaired) electrons. The molecular weight excluding hydrogens is 450 g/mol. The molecule has 2 aromatic rings. The van der Waals surface area contributed by atoms with Gasteiger partial charge in [0.2, 0.25) is 0 Å². The third-order valence-electron chi connectivity index (χ3n) is 5.63. The van der Waals surface area contributed by atoms with Crippen molar-refractivity contribution in [1.29, 1.82) is 0 Å². The van der Waals surface area contributed by atoms with E-state index in [9.17, 15) is 14.7 Å². The van der Waals surface area contributed by atoms with Crippen LogP contribution in [0.5, 0.6) is 23.0 Å². The van der Waals surface area contributed by atoms with E-state index >= 15 is 0 Å². The largest absolute Gasteiger partial charge is 0.507 e. The number of hydrogen-bond donors (Lipinski definition) is 1. The molecule has 3 rings (SSSR count). The van der Waals surface area contributed by atoms with Crippen LogP contribution in [0.2, 0.25) is 0 Å². The Bertz CT molecular complexity index is 1110. The van der Waals surface area contributed by atoms with Crippen molar-refractivity contribution in [3.05, 3.63) is 53.1 Å². The van der Waals surface area contributed by atoms with E-state index in [0.717, 1.165) is 0 Å². The first kappa shape index (κ1) is 25.9. The molecule has 1 atom stereocenters. The van der Waals surface area contributed by atoms with Gasteiger partial charge in [0, 0.05) is 12.6 Å². The maximum absolute atomic E-state index is 13.2. The smallest absolute Gasteiger partial charge is 0.295 e. The minimum atomic E-state index is -0.791. The van der Waals surface area contributed by atoms with E-state index < -0.39 is 17.7 Å². The highest BCUT2D eigenvalue weighted by molar-refractivity contribution is 6.46. The van der Waals surface area contributed by atoms with Gasteiger partial charge in [-0.25, -0.2) is 0 Å². The molecule has 1 saturated heterocycles. The number of aliphatic hydroxyl groups excluding tert-OH is 1. The number of aliphatic hydroxyl groups is 1. The van der Waals surface area contributed by atoms with Crippen LogP contribution in [0.4, 0.5) is 0 Å². The molecule has 188 valence electrons. The van der Waals surface area contributed by atoms with Gasteiger partial charge in [0.05, 0.1) is 44.1 Å². The maximum Gasteiger partial charge on any atom is 0.295 e. The number of amides is 1. The quantitative estimate of drug-likeness (QED) is 0.281. The van der Waals surface area contributed by atoms with E-state index in [1.54, 1.807) is 36.4 Å². The molecular formula is C27H33NO7. The van der Waals surface area contributed by atoms with Crippen LogP contribution in [-0.2, 0) is 9.59 Å². The Morgan fingerprint density at radius 3 is 2.20 bits per heavy atom. The fourth-order valence-electron chi connectivity index (χ4n) is 4.20. The first-order valence-corrected chi connectivity index (χ1v) is 11.9. The number of hydrogen-bond acceptors (Lipinski definition) is 7. The van der Waals surface area contributed by atoms with Crippen LogP contribution >= 0.6 is 0 Å². The number of rotatable bonds is 11. The molecule has 8 heteroatoms. The monoisotopic (exact) mass is 483 g/mol. The molecule has 1 heterocycles. The number of ketones is 1. The summed E-state index contributed by atoms with van der Waals surface area (Å²) < 4.78 is 22.4. The van der Waals surface area contributed by atoms with Gasteiger partial charge >= 0.3 is 0 Å². The molecule has 0 aliphatic carbocycles. The zero-order chi connectivity index (χ0) is 25.5. The number of carbonyl (C=O) groups is 2. The van der Waals surface area contributed by atoms with Crippen molar-refractivity contribution in [2.75, 3.05) is 33.5 Å². The van der Waals surface area contributed by atoms with Gasteiger partial charge in [0.25, 0.3) is 11.7 Å². The van der Waals surface area contributed by atoms with E-state index in [4.69, 9.17) is 18.9 Å². The van der Waals surface area contributed by atoms with E-state index in [1.165, 1.54) is 12.0 Å². The second-order valence-corrected chi connectivity index (χ2v) is 7.86. The highest BCUT2D eigenvalue weighted by atomic mass is 16.5. The van der Waals surface area contributed by atoms with Crippen LogP contribution < -0.4 is 18.9 Å². The predicted octanol–water partition coefficient (Wildman–Crippen LogP) is 4.72. The fourth-order valence-corrected chi connectivity index (χ4v) is 4.20. The highest BCUT2D eigenvalue weighted by Crippen LogP contribution is 2.43. The summed E-state index contributed by atoms with van der Waals surface area (Å²) in [7, 11) is 1.53. The number of methoxy groups -OCH3 is 1. The van der Waals surface area contributed by atoms with Crippen molar-refractivity contribution in [2.45, 2.75) is 40.2 Å². The number of nitrogens with zero attached hydrogens (tertiary/aromatic N) is 1. The standard InChI is InChI=1S/C27H33NO7/c1-6-14-28-24(17-10-13-20(34-8-3)22(15-17)32-5)23(26(30)27(28)31)25(29)19-12-11-18(33-7-2)16-21(19)35-9-4/h10-13,15-16,24,29H,6-9,14H2,1-5H3/b25-23+. The Morgan fingerprint density at radius 1 is 0.886 bits per heavy atom. The number of benzene rings is 2. The lowest BCUT2D eigenvalue weighted by Gasteiger charge is -2.25. The van der Waals surface area contributed by atoms with Crippen LogP contribution in [0.3, 0.4) is 0 Å². The molecule has 0 bridgehead atoms. The lowest BCUT2D eigenvalue weighted by molar-refractivity contribution is -0.139. The van der Waals surface area contributed by atoms with Gasteiger partial charge < -0.3 is 29.0 Å². The summed E-state index contributed by atoms with van der Waals surface area (Å²) in [5, 5.41) is 11.4. The van der Waals surface area contributed by atoms with E-state index in [-0.39, 0.29) is 11.3 Å². The molecule has 1 N–H and O–H groups in total. The third kappa shape index (κ3) is 5.21. The summed E-state index contributed by atoms with van der Waals surface area (Å²) in [6.45, 7) is 9.12. The molecule has 1 aliphatic rings. The van der Waals surface area contributed by atoms with Crippen LogP contribution in [-0.4, -0.2) is 55.2 Å². The van der Waals surface area contributed by atoms with Crippen LogP contribution in [0.1, 0.15) is 51.3 Å². The SMILES string of the molecule is CCCN1C(=O)C(=O)/C(=C(/O)c2ccc(OCC)cc2OCC)C1c1ccc(OCC)c(OC)c1. The molecule has 1 unspecified atom stereocenters. The topological polar surface area (TPSA) is 94.5 Å². The van der Waals surface area contributed by atoms with Gasteiger partial charge in [-0.15, -0.1) is 0 Å². The van der Waals surface area contributed by atoms with Crippen molar-refractivity contribution in [3.8, 4) is 23.0 Å². The van der Waals surface area contributed by atoms with Crippen molar-refractivity contribution in [2.24, 2.45) is 0 Å². The number of likely N-dealkylation sites (tertiary alicyclic amines) is 1. The molecule has 0 spiro atoms. The Labute approximate surface area is 206 Å². The summed E-state index contributed by atoms with van der Waals surface area (Å²) in [5.74, 6) is 0.262. The molecule has 0 aromatic heterocycles. The average molecular weight is 484 g/mol. The summed E-state index contributed by atoms with van der Waals surface area (Å²) in [6.07, 6.45) is 0.644. The number of carbonyl (C=O) groups excluding carboxylic acids is 2. The zero-order valence-electron chi connectivity index (χ0n) is 20.9. The van der Waals surface area contributed by atoms with Gasteiger partial charge in [0.15, 0.2) is 11.5 Å². The van der Waals surface area contributed by atoms with E-state index in [2.05, 4.69) is 0 Å². The molecule has 0 saturated carbocycles. The molecule has 35 heavy (non-hydrogen) atoms. The van der Waals surface area contributed by atoms with Gasteiger partial charge in [-0.2, -0.15) is 0 Å². The van der Waals surface area contributed by atoms with E-state index in [0.29, 0.717) is 66.9 Å². The van der Waals surface area contributed by atoms with Crippen molar-refractivity contribution in [3.63, 3.8) is 0 Å². The second kappa shape index (κ2) is 11.6. The second-order valence-electron chi connectivity index (χ2n) is 7.86. The van der Waals surface area contributed by atoms with E-state index in [1.807, 2.05) is 27.7 Å². The number of ether oxygens (including phenoxy) is 4. The fraction of sp³-hybridized carbons (Fsp3) is 0.407. The minimum Gasteiger partial charge on any atom is -0.507 e. The summed E-state index contributed by atoms with van der Waals surface area (Å²) in [5.41, 5.74) is 0.941. The summed E-state index contributed by atoms with van der Waals surface area (Å²) in [4.78, 5) is 27.7. The third-order valence-corrected chi connectivity index (χ3v) is 5.63. The van der Waals surface area contributed by atoms with Crippen molar-refractivity contribution in [1.82, 2.24) is 4.90 Å². The predicted molar refractivity (Wildman–Crippen MR) is 132 cm³/mol. The lowest BCUT2D eigenvalue weighted by Crippen LogP contribution is -2.30. The number of Topliss-reactive ketones (excluding diaryl/α,β-unsaturated/α-hetero) is 1. The van der Waals surface area contributed by atoms with Gasteiger partial charge in [-0.3, -0.25) is 9.59 Å². The highest BCUT2D eigenvalue weighted by Gasteiger charge is 2.46. The van der Waals surface area contributed by atoms with Gasteiger partial charge in [-0.1, -0.05) is 13.0 Å². The first-order valence-electron chi connectivity index (χ1n) is 11.9. The van der Waals surface area contributed by atoms with Crippen LogP contribution in [0.25, 0.3) is 5.76 Å². The first-order chi connectivity index (χ1) is 16.9. The molecule has 2 aromatic carbocycles. The molecule has 1 amide bonds. The molecule has 1 fully saturated rings. The summed E-state index contributed by atoms with van der Waals surface area (Å²) in [6, 6.07) is 9.46. The van der Waals surface area contributed by atoms with Gasteiger partial charge in [0.1, 0.15) is 17.3 Å². The molecule has 1 aliphatic heterocycles. The Kier molecular flexibility index (Phi) is 8.63. The Morgan fingerprint density at radius 2 is 1.57 bits per heavy atom. The van der Waals surface area contributed by atoms with Crippen LogP contribution in [0, 0.1) is 0 Å².